The Morgan fingerprint density at radius 1 is 1.22 bits per heavy atom. The van der Waals surface area contributed by atoms with Crippen LogP contribution in [0, 0.1) is 0 Å². The van der Waals surface area contributed by atoms with E-state index in [4.69, 9.17) is 10.7 Å². The number of unbranched alkanes of at least 4 members (excludes halogenated alkanes) is 1. The lowest BCUT2D eigenvalue weighted by Crippen LogP contribution is -2.25. The van der Waals surface area contributed by atoms with Crippen molar-refractivity contribution in [1.82, 2.24) is 10.3 Å². The average Bonchev–Trinajstić information content (AvgIpc) is 3.35. The first-order valence-electron chi connectivity index (χ1n) is 7.67. The predicted molar refractivity (Wildman–Crippen MR) is 98.8 cm³/mol. The summed E-state index contributed by atoms with van der Waals surface area (Å²) in [6.45, 7) is 1.34. The lowest BCUT2D eigenvalue weighted by Gasteiger charge is -2.10. The van der Waals surface area contributed by atoms with Gasteiger partial charge < -0.3 is 11.1 Å². The van der Waals surface area contributed by atoms with Crippen LogP contribution in [0.25, 0.3) is 10.9 Å². The van der Waals surface area contributed by atoms with Crippen LogP contribution < -0.4 is 11.1 Å². The number of hydrogen-bond donors (Lipinski definition) is 2. The highest BCUT2D eigenvalue weighted by atomic mass is 35.5. The highest BCUT2D eigenvalue weighted by molar-refractivity contribution is 6.06. The fourth-order valence-electron chi connectivity index (χ4n) is 2.54. The lowest BCUT2D eigenvalue weighted by molar-refractivity contribution is 0.0954. The molecule has 23 heavy (non-hydrogen) atoms. The standard InChI is InChI=1S/C17H21N3O.2ClH/c18-9-3-4-10-19-17(21)14-11-16(12-7-8-12)20-15-6-2-1-5-13(14)15;;/h1-2,5-6,11-12H,3-4,7-10,18H2,(H,19,21);2*1H. The van der Waals surface area contributed by atoms with Gasteiger partial charge in [0.2, 0.25) is 0 Å². The molecule has 1 aliphatic carbocycles. The van der Waals surface area contributed by atoms with Crippen molar-refractivity contribution < 1.29 is 4.79 Å². The Kier molecular flexibility index (Phi) is 7.76. The number of amides is 1. The molecule has 1 aromatic carbocycles. The quantitative estimate of drug-likeness (QED) is 0.780. The highest BCUT2D eigenvalue weighted by Gasteiger charge is 2.26. The maximum Gasteiger partial charge on any atom is 0.252 e. The van der Waals surface area contributed by atoms with Crippen molar-refractivity contribution >= 4 is 41.6 Å². The molecule has 0 bridgehead atoms. The molecule has 0 spiro atoms. The smallest absolute Gasteiger partial charge is 0.252 e. The summed E-state index contributed by atoms with van der Waals surface area (Å²) in [5.74, 6) is 0.533. The van der Waals surface area contributed by atoms with Gasteiger partial charge in [0.25, 0.3) is 5.91 Å². The van der Waals surface area contributed by atoms with Gasteiger partial charge in [0, 0.05) is 23.5 Å². The van der Waals surface area contributed by atoms with Gasteiger partial charge in [0.05, 0.1) is 11.1 Å². The number of nitrogens with one attached hydrogen (secondary N) is 1. The number of para-hydroxylation sites is 1. The van der Waals surface area contributed by atoms with Gasteiger partial charge in [-0.2, -0.15) is 0 Å². The Balaban J connectivity index is 0.00000132. The topological polar surface area (TPSA) is 68.0 Å². The highest BCUT2D eigenvalue weighted by Crippen LogP contribution is 2.40. The average molecular weight is 356 g/mol. The predicted octanol–water partition coefficient (Wildman–Crippen LogP) is 3.42. The Hall–Kier alpha value is -1.36. The minimum atomic E-state index is -0.00692. The van der Waals surface area contributed by atoms with Crippen molar-refractivity contribution in [2.45, 2.75) is 31.6 Å². The Morgan fingerprint density at radius 3 is 2.65 bits per heavy atom. The number of pyridine rings is 1. The zero-order chi connectivity index (χ0) is 14.7. The minimum Gasteiger partial charge on any atom is -0.352 e. The van der Waals surface area contributed by atoms with Crippen LogP contribution in [0.15, 0.2) is 30.3 Å². The second-order valence-corrected chi connectivity index (χ2v) is 5.64. The number of aromatic nitrogens is 1. The molecule has 1 saturated carbocycles. The third kappa shape index (κ3) is 4.80. The van der Waals surface area contributed by atoms with Crippen molar-refractivity contribution in [1.29, 1.82) is 0 Å². The lowest BCUT2D eigenvalue weighted by atomic mass is 10.1. The third-order valence-corrected chi connectivity index (χ3v) is 3.89. The van der Waals surface area contributed by atoms with E-state index in [9.17, 15) is 4.79 Å². The number of rotatable bonds is 6. The molecular formula is C17H23Cl2N3O. The molecule has 0 aliphatic heterocycles. The zero-order valence-electron chi connectivity index (χ0n) is 13.0. The Labute approximate surface area is 149 Å². The van der Waals surface area contributed by atoms with Crippen molar-refractivity contribution in [3.8, 4) is 0 Å². The molecule has 1 heterocycles. The van der Waals surface area contributed by atoms with Crippen LogP contribution in [0.5, 0.6) is 0 Å². The number of hydrogen-bond acceptors (Lipinski definition) is 3. The number of carbonyl (C=O) groups is 1. The molecule has 0 unspecified atom stereocenters. The van der Waals surface area contributed by atoms with Crippen LogP contribution in [-0.4, -0.2) is 24.0 Å². The second kappa shape index (κ2) is 9.06. The molecule has 3 N–H and O–H groups in total. The zero-order valence-corrected chi connectivity index (χ0v) is 14.6. The number of carbonyl (C=O) groups excluding carboxylic acids is 1. The summed E-state index contributed by atoms with van der Waals surface area (Å²) in [4.78, 5) is 17.1. The Morgan fingerprint density at radius 2 is 1.96 bits per heavy atom. The van der Waals surface area contributed by atoms with E-state index in [1.165, 1.54) is 12.8 Å². The molecule has 0 atom stereocenters. The van der Waals surface area contributed by atoms with Crippen molar-refractivity contribution in [3.63, 3.8) is 0 Å². The summed E-state index contributed by atoms with van der Waals surface area (Å²) < 4.78 is 0. The summed E-state index contributed by atoms with van der Waals surface area (Å²) in [5.41, 5.74) is 8.18. The molecule has 126 valence electrons. The monoisotopic (exact) mass is 355 g/mol. The molecule has 3 rings (SSSR count). The first kappa shape index (κ1) is 19.7. The van der Waals surface area contributed by atoms with Crippen LogP contribution in [-0.2, 0) is 0 Å². The van der Waals surface area contributed by atoms with Gasteiger partial charge in [-0.1, -0.05) is 18.2 Å². The SMILES string of the molecule is Cl.Cl.NCCCCNC(=O)c1cc(C2CC2)nc2ccccc12. The third-order valence-electron chi connectivity index (χ3n) is 3.89. The fraction of sp³-hybridized carbons (Fsp3) is 0.412. The summed E-state index contributed by atoms with van der Waals surface area (Å²) in [5, 5.41) is 3.92. The van der Waals surface area contributed by atoms with Gasteiger partial charge in [-0.25, -0.2) is 0 Å². The minimum absolute atomic E-state index is 0. The van der Waals surface area contributed by atoms with Gasteiger partial charge in [0.15, 0.2) is 0 Å². The molecule has 0 saturated heterocycles. The van der Waals surface area contributed by atoms with E-state index in [2.05, 4.69) is 5.32 Å². The second-order valence-electron chi connectivity index (χ2n) is 5.64. The number of nitrogens with zero attached hydrogens (tertiary/aromatic N) is 1. The number of benzene rings is 1. The molecule has 1 fully saturated rings. The summed E-state index contributed by atoms with van der Waals surface area (Å²) in [6, 6.07) is 9.83. The van der Waals surface area contributed by atoms with E-state index in [0.717, 1.165) is 35.0 Å². The number of halogens is 2. The Bertz CT molecular complexity index is 659. The first-order chi connectivity index (χ1) is 10.3. The van der Waals surface area contributed by atoms with Gasteiger partial charge in [-0.05, 0) is 44.4 Å². The van der Waals surface area contributed by atoms with E-state index < -0.39 is 0 Å². The molecule has 2 aromatic rings. The van der Waals surface area contributed by atoms with E-state index in [0.29, 0.717) is 19.0 Å². The summed E-state index contributed by atoms with van der Waals surface area (Å²) in [7, 11) is 0. The van der Waals surface area contributed by atoms with E-state index in [-0.39, 0.29) is 30.7 Å². The molecule has 6 heteroatoms. The van der Waals surface area contributed by atoms with Gasteiger partial charge >= 0.3 is 0 Å². The van der Waals surface area contributed by atoms with Gasteiger partial charge in [-0.15, -0.1) is 24.8 Å². The summed E-state index contributed by atoms with van der Waals surface area (Å²) >= 11 is 0. The maximum absolute atomic E-state index is 12.4. The molecule has 4 nitrogen and oxygen atoms in total. The van der Waals surface area contributed by atoms with Crippen LogP contribution in [0.3, 0.4) is 0 Å². The van der Waals surface area contributed by atoms with Gasteiger partial charge in [-0.3, -0.25) is 9.78 Å². The van der Waals surface area contributed by atoms with Crippen LogP contribution >= 0.6 is 24.8 Å². The number of fused-ring (bicyclic) bond motifs is 1. The normalized spacial score (nSPS) is 13.1. The van der Waals surface area contributed by atoms with Crippen molar-refractivity contribution in [3.05, 3.63) is 41.6 Å². The van der Waals surface area contributed by atoms with Gasteiger partial charge in [0.1, 0.15) is 0 Å². The molecule has 1 aliphatic rings. The molecule has 0 radical (unpaired) electrons. The largest absolute Gasteiger partial charge is 0.352 e. The molecular weight excluding hydrogens is 333 g/mol. The first-order valence-corrected chi connectivity index (χ1v) is 7.67. The maximum atomic E-state index is 12.4. The van der Waals surface area contributed by atoms with Crippen LogP contribution in [0.2, 0.25) is 0 Å². The van der Waals surface area contributed by atoms with E-state index >= 15 is 0 Å². The van der Waals surface area contributed by atoms with Crippen LogP contribution in [0.4, 0.5) is 0 Å². The van der Waals surface area contributed by atoms with Crippen molar-refractivity contribution in [2.24, 2.45) is 5.73 Å². The fourth-order valence-corrected chi connectivity index (χ4v) is 2.54. The molecule has 1 amide bonds. The van der Waals surface area contributed by atoms with E-state index in [1.54, 1.807) is 0 Å². The van der Waals surface area contributed by atoms with Crippen molar-refractivity contribution in [2.75, 3.05) is 13.1 Å². The van der Waals surface area contributed by atoms with E-state index in [1.807, 2.05) is 30.3 Å². The number of nitrogens with two attached hydrogens (primary N) is 1. The van der Waals surface area contributed by atoms with Crippen LogP contribution in [0.1, 0.15) is 47.7 Å². The summed E-state index contributed by atoms with van der Waals surface area (Å²) in [6.07, 6.45) is 4.22. The molecule has 1 aromatic heterocycles.